The number of carbonyl (C=O) groups is 1. The van der Waals surface area contributed by atoms with Gasteiger partial charge in [-0.15, -0.1) is 0 Å². The molecule has 2 aliphatic rings. The molecule has 2 aromatic carbocycles. The van der Waals surface area contributed by atoms with Crippen LogP contribution in [0.5, 0.6) is 5.75 Å². The van der Waals surface area contributed by atoms with Crippen LogP contribution in [-0.2, 0) is 11.2 Å². The van der Waals surface area contributed by atoms with Gasteiger partial charge in [0, 0.05) is 42.0 Å². The van der Waals surface area contributed by atoms with E-state index in [9.17, 15) is 18.7 Å². The van der Waals surface area contributed by atoms with E-state index in [1.807, 2.05) is 18.2 Å². The average molecular weight is 509 g/mol. The number of aliphatic hydroxyl groups is 1. The number of benzene rings is 2. The Hall–Kier alpha value is -2.03. The lowest BCUT2D eigenvalue weighted by Gasteiger charge is -2.48. The number of hydrogen-bond acceptors (Lipinski definition) is 4. The summed E-state index contributed by atoms with van der Waals surface area (Å²) in [6, 6.07) is 8.44. The molecule has 4 rings (SSSR count). The molecular formula is C24H27BrF2N2O3. The van der Waals surface area contributed by atoms with Crippen molar-refractivity contribution in [2.24, 2.45) is 0 Å². The van der Waals surface area contributed by atoms with Crippen molar-refractivity contribution in [2.45, 2.75) is 62.8 Å². The molecule has 32 heavy (non-hydrogen) atoms. The van der Waals surface area contributed by atoms with Crippen molar-refractivity contribution < 1.29 is 23.4 Å². The van der Waals surface area contributed by atoms with Crippen LogP contribution in [0.2, 0.25) is 0 Å². The smallest absolute Gasteiger partial charge is 0.217 e. The molecule has 1 amide bonds. The molecular weight excluding hydrogens is 482 g/mol. The minimum atomic E-state index is -0.957. The third-order valence-corrected chi connectivity index (χ3v) is 6.81. The SMILES string of the molecule is CC(=O)N[C@@H](Cc1cc(F)cc(F)c1)[C@H](O)CN[C@H]1CC2(CCC2)Oc2ccc(Br)cc21. The number of nitrogens with one attached hydrogen (secondary N) is 2. The Morgan fingerprint density at radius 3 is 2.59 bits per heavy atom. The number of amides is 1. The summed E-state index contributed by atoms with van der Waals surface area (Å²) in [4.78, 5) is 11.7. The average Bonchev–Trinajstić information content (AvgIpc) is 2.69. The zero-order valence-corrected chi connectivity index (χ0v) is 19.4. The van der Waals surface area contributed by atoms with E-state index in [4.69, 9.17) is 4.74 Å². The predicted octanol–water partition coefficient (Wildman–Crippen LogP) is 4.17. The van der Waals surface area contributed by atoms with Crippen molar-refractivity contribution in [1.29, 1.82) is 0 Å². The second-order valence-electron chi connectivity index (χ2n) is 8.84. The summed E-state index contributed by atoms with van der Waals surface area (Å²) >= 11 is 3.52. The maximum absolute atomic E-state index is 13.6. The molecule has 0 unspecified atom stereocenters. The lowest BCUT2D eigenvalue weighted by atomic mass is 9.73. The lowest BCUT2D eigenvalue weighted by molar-refractivity contribution is -0.120. The van der Waals surface area contributed by atoms with E-state index < -0.39 is 23.8 Å². The van der Waals surface area contributed by atoms with Gasteiger partial charge in [0.2, 0.25) is 5.91 Å². The summed E-state index contributed by atoms with van der Waals surface area (Å²) < 4.78 is 34.4. The standard InChI is InChI=1S/C24H27BrF2N2O3/c1-14(30)29-20(9-15-7-17(26)11-18(27)8-15)22(31)13-28-21-12-24(5-2-6-24)32-23-4-3-16(25)10-19(21)23/h3-4,7-8,10-11,20-22,28,31H,2,5-6,9,12-13H2,1H3,(H,29,30)/t20-,21-,22+/m0/s1. The van der Waals surface area contributed by atoms with Crippen LogP contribution in [0.15, 0.2) is 40.9 Å². The summed E-state index contributed by atoms with van der Waals surface area (Å²) in [5.41, 5.74) is 1.22. The predicted molar refractivity (Wildman–Crippen MR) is 120 cm³/mol. The molecule has 1 spiro atoms. The van der Waals surface area contributed by atoms with Crippen LogP contribution >= 0.6 is 15.9 Å². The molecule has 3 atom stereocenters. The molecule has 0 radical (unpaired) electrons. The van der Waals surface area contributed by atoms with Crippen LogP contribution in [-0.4, -0.2) is 35.3 Å². The molecule has 0 aromatic heterocycles. The van der Waals surface area contributed by atoms with Gasteiger partial charge in [0.15, 0.2) is 0 Å². The summed E-state index contributed by atoms with van der Waals surface area (Å²) in [5, 5.41) is 17.0. The Morgan fingerprint density at radius 1 is 1.25 bits per heavy atom. The van der Waals surface area contributed by atoms with Crippen LogP contribution in [0.25, 0.3) is 0 Å². The molecule has 172 valence electrons. The number of hydrogen-bond donors (Lipinski definition) is 3. The highest BCUT2D eigenvalue weighted by molar-refractivity contribution is 9.10. The third-order valence-electron chi connectivity index (χ3n) is 6.32. The quantitative estimate of drug-likeness (QED) is 0.524. The second kappa shape index (κ2) is 9.45. The molecule has 1 heterocycles. The van der Waals surface area contributed by atoms with Gasteiger partial charge >= 0.3 is 0 Å². The number of aliphatic hydroxyl groups excluding tert-OH is 1. The van der Waals surface area contributed by atoms with Crippen molar-refractivity contribution >= 4 is 21.8 Å². The molecule has 2 aromatic rings. The monoisotopic (exact) mass is 508 g/mol. The zero-order valence-electron chi connectivity index (χ0n) is 17.8. The number of fused-ring (bicyclic) bond motifs is 1. The van der Waals surface area contributed by atoms with Crippen LogP contribution < -0.4 is 15.4 Å². The number of rotatable bonds is 7. The highest BCUT2D eigenvalue weighted by Crippen LogP contribution is 2.49. The fourth-order valence-electron chi connectivity index (χ4n) is 4.63. The Balaban J connectivity index is 1.48. The van der Waals surface area contributed by atoms with E-state index in [2.05, 4.69) is 26.6 Å². The van der Waals surface area contributed by atoms with E-state index in [1.54, 1.807) is 0 Å². The first kappa shape index (κ1) is 23.1. The second-order valence-corrected chi connectivity index (χ2v) is 9.76. The number of halogens is 3. The summed E-state index contributed by atoms with van der Waals surface area (Å²) in [6.45, 7) is 1.56. The van der Waals surface area contributed by atoms with Crippen LogP contribution in [0.3, 0.4) is 0 Å². The first-order valence-corrected chi connectivity index (χ1v) is 11.6. The minimum Gasteiger partial charge on any atom is -0.487 e. The van der Waals surface area contributed by atoms with Crippen molar-refractivity contribution in [3.63, 3.8) is 0 Å². The molecule has 1 aliphatic heterocycles. The van der Waals surface area contributed by atoms with Crippen molar-refractivity contribution in [2.75, 3.05) is 6.54 Å². The van der Waals surface area contributed by atoms with Crippen LogP contribution in [0, 0.1) is 11.6 Å². The number of ether oxygens (including phenoxy) is 1. The Morgan fingerprint density at radius 2 is 1.97 bits per heavy atom. The van der Waals surface area contributed by atoms with Gasteiger partial charge in [0.25, 0.3) is 0 Å². The van der Waals surface area contributed by atoms with Gasteiger partial charge in [-0.05, 0) is 61.6 Å². The fourth-order valence-corrected chi connectivity index (χ4v) is 5.01. The summed E-state index contributed by atoms with van der Waals surface area (Å²) in [5.74, 6) is -0.853. The summed E-state index contributed by atoms with van der Waals surface area (Å²) in [6.07, 6.45) is 3.09. The molecule has 0 saturated heterocycles. The van der Waals surface area contributed by atoms with Gasteiger partial charge < -0.3 is 20.5 Å². The van der Waals surface area contributed by atoms with E-state index in [0.717, 1.165) is 47.5 Å². The Kier molecular flexibility index (Phi) is 6.83. The molecule has 3 N–H and O–H groups in total. The topological polar surface area (TPSA) is 70.6 Å². The van der Waals surface area contributed by atoms with Gasteiger partial charge in [0.05, 0.1) is 12.1 Å². The molecule has 8 heteroatoms. The van der Waals surface area contributed by atoms with Crippen molar-refractivity contribution in [3.8, 4) is 5.75 Å². The van der Waals surface area contributed by atoms with Crippen molar-refractivity contribution in [1.82, 2.24) is 10.6 Å². The highest BCUT2D eigenvalue weighted by Gasteiger charge is 2.45. The van der Waals surface area contributed by atoms with Gasteiger partial charge in [-0.3, -0.25) is 4.79 Å². The summed E-state index contributed by atoms with van der Waals surface area (Å²) in [7, 11) is 0. The normalized spacial score (nSPS) is 20.6. The molecule has 1 aliphatic carbocycles. The van der Waals surface area contributed by atoms with Crippen molar-refractivity contribution in [3.05, 3.63) is 63.6 Å². The Bertz CT molecular complexity index is 979. The molecule has 5 nitrogen and oxygen atoms in total. The van der Waals surface area contributed by atoms with E-state index >= 15 is 0 Å². The van der Waals surface area contributed by atoms with Gasteiger partial charge in [0.1, 0.15) is 23.0 Å². The zero-order chi connectivity index (χ0) is 22.9. The fraction of sp³-hybridized carbons (Fsp3) is 0.458. The van der Waals surface area contributed by atoms with E-state index in [0.29, 0.717) is 5.56 Å². The maximum atomic E-state index is 13.6. The van der Waals surface area contributed by atoms with Gasteiger partial charge in [-0.25, -0.2) is 8.78 Å². The lowest BCUT2D eigenvalue weighted by Crippen LogP contribution is -2.52. The molecule has 1 saturated carbocycles. The number of carbonyl (C=O) groups excluding carboxylic acids is 1. The Labute approximate surface area is 194 Å². The van der Waals surface area contributed by atoms with Gasteiger partial charge in [-0.2, -0.15) is 0 Å². The third kappa shape index (κ3) is 5.30. The molecule has 0 bridgehead atoms. The molecule has 1 fully saturated rings. The van der Waals surface area contributed by atoms with E-state index in [-0.39, 0.29) is 30.5 Å². The van der Waals surface area contributed by atoms with Gasteiger partial charge in [-0.1, -0.05) is 15.9 Å². The maximum Gasteiger partial charge on any atom is 0.217 e. The first-order chi connectivity index (χ1) is 15.2. The van der Waals surface area contributed by atoms with E-state index in [1.165, 1.54) is 19.1 Å². The minimum absolute atomic E-state index is 0.0178. The van der Waals surface area contributed by atoms with Crippen LogP contribution in [0.4, 0.5) is 8.78 Å². The van der Waals surface area contributed by atoms with Crippen LogP contribution in [0.1, 0.15) is 49.8 Å². The largest absolute Gasteiger partial charge is 0.487 e. The first-order valence-electron chi connectivity index (χ1n) is 10.8. The highest BCUT2D eigenvalue weighted by atomic mass is 79.9.